The first-order valence-electron chi connectivity index (χ1n) is 11.6. The van der Waals surface area contributed by atoms with Crippen LogP contribution in [0.5, 0.6) is 5.75 Å². The van der Waals surface area contributed by atoms with Crippen LogP contribution >= 0.6 is 0 Å². The lowest BCUT2D eigenvalue weighted by atomic mass is 10.0. The van der Waals surface area contributed by atoms with Crippen molar-refractivity contribution in [2.24, 2.45) is 7.05 Å². The molecule has 0 radical (unpaired) electrons. The summed E-state index contributed by atoms with van der Waals surface area (Å²) in [5.74, 6) is -0.0792. The lowest BCUT2D eigenvalue weighted by molar-refractivity contribution is 0.0927. The number of ether oxygens (including phenoxy) is 1. The van der Waals surface area contributed by atoms with Gasteiger partial charge in [0.25, 0.3) is 5.91 Å². The molecule has 1 amide bonds. The number of amides is 1. The highest BCUT2D eigenvalue weighted by Crippen LogP contribution is 2.39. The van der Waals surface area contributed by atoms with Gasteiger partial charge in [-0.2, -0.15) is 0 Å². The Morgan fingerprint density at radius 1 is 1.17 bits per heavy atom. The van der Waals surface area contributed by atoms with Crippen molar-refractivity contribution in [1.82, 2.24) is 15.2 Å². The summed E-state index contributed by atoms with van der Waals surface area (Å²) in [6.45, 7) is 1.71. The number of ketones is 1. The van der Waals surface area contributed by atoms with Crippen LogP contribution in [0.25, 0.3) is 11.3 Å². The van der Waals surface area contributed by atoms with Crippen molar-refractivity contribution in [3.63, 3.8) is 0 Å². The van der Waals surface area contributed by atoms with Crippen molar-refractivity contribution >= 4 is 23.7 Å². The van der Waals surface area contributed by atoms with E-state index in [0.29, 0.717) is 29.7 Å². The van der Waals surface area contributed by atoms with Gasteiger partial charge in [0.05, 0.1) is 24.9 Å². The third-order valence-electron chi connectivity index (χ3n) is 6.37. The molecule has 4 rings (SSSR count). The van der Waals surface area contributed by atoms with Crippen molar-refractivity contribution in [2.45, 2.75) is 12.5 Å². The predicted octanol–water partition coefficient (Wildman–Crippen LogP) is 2.92. The normalized spacial score (nSPS) is 15.0. The molecule has 2 aromatic carbocycles. The van der Waals surface area contributed by atoms with Crippen molar-refractivity contribution in [1.29, 1.82) is 0 Å². The highest BCUT2D eigenvalue weighted by Gasteiger charge is 2.30. The Balaban J connectivity index is 1.73. The Kier molecular flexibility index (Phi) is 7.31. The van der Waals surface area contributed by atoms with Gasteiger partial charge in [-0.1, -0.05) is 48.5 Å². The minimum Gasteiger partial charge on any atom is -0.494 e. The van der Waals surface area contributed by atoms with E-state index in [1.54, 1.807) is 23.7 Å². The zero-order valence-corrected chi connectivity index (χ0v) is 20.2. The van der Waals surface area contributed by atoms with Crippen molar-refractivity contribution in [2.75, 3.05) is 38.7 Å². The molecule has 1 atom stereocenters. The molecule has 1 fully saturated rings. The average molecular weight is 475 g/mol. The first kappa shape index (κ1) is 24.2. The number of para-hydroxylation sites is 1. The van der Waals surface area contributed by atoms with E-state index in [-0.39, 0.29) is 35.7 Å². The number of nitrogens with zero attached hydrogens (tertiary/aromatic N) is 2. The van der Waals surface area contributed by atoms with Gasteiger partial charge in [0.15, 0.2) is 23.5 Å². The van der Waals surface area contributed by atoms with Gasteiger partial charge in [0, 0.05) is 43.5 Å². The topological polar surface area (TPSA) is 92.7 Å². The van der Waals surface area contributed by atoms with Crippen LogP contribution in [0, 0.1) is 0 Å². The number of anilines is 1. The van der Waals surface area contributed by atoms with Gasteiger partial charge >= 0.3 is 0 Å². The second-order valence-electron chi connectivity index (χ2n) is 8.65. The molecule has 1 unspecified atom stereocenters. The lowest BCUT2D eigenvalue weighted by Crippen LogP contribution is -2.37. The van der Waals surface area contributed by atoms with Gasteiger partial charge in [-0.15, -0.1) is 0 Å². The van der Waals surface area contributed by atoms with Gasteiger partial charge in [0.1, 0.15) is 0 Å². The van der Waals surface area contributed by atoms with Crippen LogP contribution in [0.15, 0.2) is 54.6 Å². The molecule has 1 aromatic heterocycles. The summed E-state index contributed by atoms with van der Waals surface area (Å²) >= 11 is 0. The number of hydrogen-bond acceptors (Lipinski definition) is 6. The van der Waals surface area contributed by atoms with Crippen LogP contribution in [0.2, 0.25) is 0 Å². The SMILES string of the molecule is COc1c(C=O)c(-c2ccccc2N(C)CC(=O)c2ccccc2)n(C)c1C(=O)NC1CCNC1. The molecule has 182 valence electrons. The summed E-state index contributed by atoms with van der Waals surface area (Å²) in [6.07, 6.45) is 1.56. The van der Waals surface area contributed by atoms with Crippen LogP contribution in [-0.4, -0.2) is 62.4 Å². The van der Waals surface area contributed by atoms with Crippen LogP contribution < -0.4 is 20.3 Å². The first-order valence-corrected chi connectivity index (χ1v) is 11.6. The Morgan fingerprint density at radius 2 is 1.89 bits per heavy atom. The lowest BCUT2D eigenvalue weighted by Gasteiger charge is -2.22. The Hall–Kier alpha value is -3.91. The Labute approximate surface area is 204 Å². The fourth-order valence-corrected chi connectivity index (χ4v) is 4.63. The summed E-state index contributed by atoms with van der Waals surface area (Å²) < 4.78 is 7.26. The molecule has 3 aromatic rings. The highest BCUT2D eigenvalue weighted by molar-refractivity contribution is 6.04. The molecule has 35 heavy (non-hydrogen) atoms. The number of carbonyl (C=O) groups is 3. The monoisotopic (exact) mass is 474 g/mol. The van der Waals surface area contributed by atoms with Crippen molar-refractivity contribution in [3.05, 3.63) is 71.4 Å². The summed E-state index contributed by atoms with van der Waals surface area (Å²) in [6, 6.07) is 16.7. The number of carbonyl (C=O) groups excluding carboxylic acids is 3. The van der Waals surface area contributed by atoms with Crippen molar-refractivity contribution in [3.8, 4) is 17.0 Å². The molecule has 0 spiro atoms. The highest BCUT2D eigenvalue weighted by atomic mass is 16.5. The average Bonchev–Trinajstić information content (AvgIpc) is 3.49. The number of aldehydes is 1. The maximum Gasteiger partial charge on any atom is 0.272 e. The molecule has 1 saturated heterocycles. The quantitative estimate of drug-likeness (QED) is 0.366. The second kappa shape index (κ2) is 10.6. The number of Topliss-reactive ketones (excluding diaryl/α,β-unsaturated/α-hetero) is 1. The summed E-state index contributed by atoms with van der Waals surface area (Å²) in [7, 11) is 5.04. The third kappa shape index (κ3) is 4.83. The number of nitrogens with one attached hydrogen (secondary N) is 2. The van der Waals surface area contributed by atoms with Gasteiger partial charge in [-0.05, 0) is 19.0 Å². The predicted molar refractivity (Wildman–Crippen MR) is 136 cm³/mol. The number of aromatic nitrogens is 1. The maximum absolute atomic E-state index is 13.2. The van der Waals surface area contributed by atoms with E-state index in [1.807, 2.05) is 54.4 Å². The summed E-state index contributed by atoms with van der Waals surface area (Å²) in [5, 5.41) is 6.27. The molecular formula is C27H30N4O4. The summed E-state index contributed by atoms with van der Waals surface area (Å²) in [4.78, 5) is 40.2. The Bertz CT molecular complexity index is 1230. The molecule has 2 heterocycles. The molecular weight excluding hydrogens is 444 g/mol. The van der Waals surface area contributed by atoms with E-state index in [4.69, 9.17) is 4.74 Å². The summed E-state index contributed by atoms with van der Waals surface area (Å²) in [5.41, 5.74) is 3.25. The smallest absolute Gasteiger partial charge is 0.272 e. The number of benzene rings is 2. The molecule has 0 saturated carbocycles. The zero-order valence-electron chi connectivity index (χ0n) is 20.2. The van der Waals surface area contributed by atoms with Gasteiger partial charge < -0.3 is 24.8 Å². The van der Waals surface area contributed by atoms with Crippen LogP contribution in [0.4, 0.5) is 5.69 Å². The zero-order chi connectivity index (χ0) is 24.9. The molecule has 2 N–H and O–H groups in total. The van der Waals surface area contributed by atoms with Gasteiger partial charge in [0.2, 0.25) is 0 Å². The van der Waals surface area contributed by atoms with Crippen LogP contribution in [0.1, 0.15) is 37.6 Å². The largest absolute Gasteiger partial charge is 0.494 e. The van der Waals surface area contributed by atoms with E-state index in [1.165, 1.54) is 7.11 Å². The molecule has 1 aliphatic heterocycles. The second-order valence-corrected chi connectivity index (χ2v) is 8.65. The Morgan fingerprint density at radius 3 is 2.54 bits per heavy atom. The van der Waals surface area contributed by atoms with E-state index in [0.717, 1.165) is 24.2 Å². The van der Waals surface area contributed by atoms with E-state index in [9.17, 15) is 14.4 Å². The molecule has 1 aliphatic rings. The minimum atomic E-state index is -0.294. The number of methoxy groups -OCH3 is 1. The van der Waals surface area contributed by atoms with Crippen LogP contribution in [-0.2, 0) is 7.05 Å². The van der Waals surface area contributed by atoms with E-state index >= 15 is 0 Å². The maximum atomic E-state index is 13.2. The van der Waals surface area contributed by atoms with E-state index in [2.05, 4.69) is 10.6 Å². The number of likely N-dealkylation sites (N-methyl/N-ethyl adjacent to an activating group) is 1. The minimum absolute atomic E-state index is 0.0202. The molecule has 0 aliphatic carbocycles. The van der Waals surface area contributed by atoms with Crippen molar-refractivity contribution < 1.29 is 19.1 Å². The molecule has 0 bridgehead atoms. The fourth-order valence-electron chi connectivity index (χ4n) is 4.63. The third-order valence-corrected chi connectivity index (χ3v) is 6.37. The fraction of sp³-hybridized carbons (Fsp3) is 0.296. The molecule has 8 heteroatoms. The molecule has 8 nitrogen and oxygen atoms in total. The number of hydrogen-bond donors (Lipinski definition) is 2. The van der Waals surface area contributed by atoms with Gasteiger partial charge in [-0.25, -0.2) is 0 Å². The van der Waals surface area contributed by atoms with Gasteiger partial charge in [-0.3, -0.25) is 14.4 Å². The van der Waals surface area contributed by atoms with Crippen LogP contribution in [0.3, 0.4) is 0 Å². The standard InChI is InChI=1S/C27H30N4O4/c1-30(16-23(33)18-9-5-4-6-10-18)22-12-8-7-11-20(22)24-21(17-32)26(35-3)25(31(24)2)27(34)29-19-13-14-28-15-19/h4-12,17,19,28H,13-16H2,1-3H3,(H,29,34). The van der Waals surface area contributed by atoms with E-state index < -0.39 is 0 Å². The first-order chi connectivity index (χ1) is 17.0. The number of rotatable bonds is 9.